The van der Waals surface area contributed by atoms with Crippen LogP contribution in [0.2, 0.25) is 0 Å². The van der Waals surface area contributed by atoms with Crippen molar-refractivity contribution in [3.8, 4) is 11.5 Å². The van der Waals surface area contributed by atoms with Crippen molar-refractivity contribution in [1.29, 1.82) is 0 Å². The number of ether oxygens (including phenoxy) is 2. The van der Waals surface area contributed by atoms with Crippen LogP contribution in [0.3, 0.4) is 0 Å². The van der Waals surface area contributed by atoms with Crippen LogP contribution in [0, 0.1) is 0 Å². The van der Waals surface area contributed by atoms with Gasteiger partial charge >= 0.3 is 0 Å². The van der Waals surface area contributed by atoms with Crippen molar-refractivity contribution in [2.24, 2.45) is 0 Å². The molecular weight excluding hydrogens is 328 g/mol. The van der Waals surface area contributed by atoms with E-state index in [-0.39, 0.29) is 17.4 Å². The van der Waals surface area contributed by atoms with Gasteiger partial charge in [-0.25, -0.2) is 0 Å². The van der Waals surface area contributed by atoms with E-state index in [2.05, 4.69) is 5.32 Å². The number of carbonyl (C=O) groups is 2. The Bertz CT molecular complexity index is 628. The van der Waals surface area contributed by atoms with E-state index in [1.807, 2.05) is 20.8 Å². The lowest BCUT2D eigenvalue weighted by Gasteiger charge is -2.27. The van der Waals surface area contributed by atoms with Crippen LogP contribution in [-0.2, 0) is 4.79 Å². The molecular formula is C17H24N2O4S. The zero-order valence-corrected chi connectivity index (χ0v) is 15.5. The van der Waals surface area contributed by atoms with Crippen molar-refractivity contribution in [2.45, 2.75) is 32.4 Å². The van der Waals surface area contributed by atoms with E-state index in [1.165, 1.54) is 7.11 Å². The van der Waals surface area contributed by atoms with E-state index in [9.17, 15) is 9.59 Å². The fourth-order valence-corrected chi connectivity index (χ4v) is 3.60. The first-order valence-corrected chi connectivity index (χ1v) is 8.85. The van der Waals surface area contributed by atoms with Gasteiger partial charge in [0.2, 0.25) is 5.91 Å². The van der Waals surface area contributed by atoms with Crippen molar-refractivity contribution in [3.05, 3.63) is 23.8 Å². The van der Waals surface area contributed by atoms with Crippen molar-refractivity contribution in [3.63, 3.8) is 0 Å². The highest BCUT2D eigenvalue weighted by Gasteiger charge is 2.36. The number of methoxy groups -OCH3 is 2. The van der Waals surface area contributed by atoms with Gasteiger partial charge in [-0.15, -0.1) is 11.8 Å². The molecule has 1 unspecified atom stereocenters. The lowest BCUT2D eigenvalue weighted by atomic mass is 10.1. The molecule has 1 aliphatic heterocycles. The van der Waals surface area contributed by atoms with Gasteiger partial charge in [0.15, 0.2) is 11.5 Å². The Kier molecular flexibility index (Phi) is 5.64. The van der Waals surface area contributed by atoms with Crippen LogP contribution in [0.15, 0.2) is 18.2 Å². The van der Waals surface area contributed by atoms with Gasteiger partial charge in [0.05, 0.1) is 20.1 Å². The molecule has 1 atom stereocenters. The summed E-state index contributed by atoms with van der Waals surface area (Å²) in [5.41, 5.74) is 0.145. The maximum atomic E-state index is 12.8. The zero-order chi connectivity index (χ0) is 17.9. The fourth-order valence-electron chi connectivity index (χ4n) is 2.45. The number of amides is 2. The SMILES string of the molecule is COc1ccc(C(=O)N2CSCC2C(=O)NC(C)(C)C)cc1OC. The van der Waals surface area contributed by atoms with Crippen LogP contribution in [-0.4, -0.2) is 54.1 Å². The summed E-state index contributed by atoms with van der Waals surface area (Å²) in [7, 11) is 3.07. The van der Waals surface area contributed by atoms with Gasteiger partial charge < -0.3 is 19.7 Å². The first-order valence-electron chi connectivity index (χ1n) is 7.69. The molecule has 0 bridgehead atoms. The van der Waals surface area contributed by atoms with Gasteiger partial charge in [-0.05, 0) is 39.0 Å². The maximum Gasteiger partial charge on any atom is 0.255 e. The molecule has 2 rings (SSSR count). The van der Waals surface area contributed by atoms with Crippen molar-refractivity contribution in [1.82, 2.24) is 10.2 Å². The summed E-state index contributed by atoms with van der Waals surface area (Å²) in [6.07, 6.45) is 0. The van der Waals surface area contributed by atoms with E-state index in [4.69, 9.17) is 9.47 Å². The van der Waals surface area contributed by atoms with Crippen LogP contribution in [0.4, 0.5) is 0 Å². The van der Waals surface area contributed by atoms with Crippen LogP contribution in [0.25, 0.3) is 0 Å². The minimum Gasteiger partial charge on any atom is -0.493 e. The third-order valence-corrected chi connectivity index (χ3v) is 4.59. The summed E-state index contributed by atoms with van der Waals surface area (Å²) < 4.78 is 10.4. The Labute approximate surface area is 146 Å². The molecule has 0 radical (unpaired) electrons. The predicted molar refractivity (Wildman–Crippen MR) is 94.7 cm³/mol. The van der Waals surface area contributed by atoms with E-state index >= 15 is 0 Å². The summed E-state index contributed by atoms with van der Waals surface area (Å²) in [5, 5.41) is 2.95. The number of hydrogen-bond donors (Lipinski definition) is 1. The average Bonchev–Trinajstić information content (AvgIpc) is 3.01. The Morgan fingerprint density at radius 1 is 1.21 bits per heavy atom. The minimum atomic E-state index is -0.463. The van der Waals surface area contributed by atoms with E-state index < -0.39 is 6.04 Å². The molecule has 1 aliphatic rings. The highest BCUT2D eigenvalue weighted by molar-refractivity contribution is 7.99. The molecule has 1 heterocycles. The number of hydrogen-bond acceptors (Lipinski definition) is 5. The number of rotatable bonds is 4. The third-order valence-electron chi connectivity index (χ3n) is 3.57. The van der Waals surface area contributed by atoms with Gasteiger partial charge in [0.1, 0.15) is 6.04 Å². The van der Waals surface area contributed by atoms with E-state index in [0.29, 0.717) is 28.7 Å². The van der Waals surface area contributed by atoms with Crippen molar-refractivity contribution < 1.29 is 19.1 Å². The second-order valence-corrected chi connectivity index (χ2v) is 7.60. The van der Waals surface area contributed by atoms with Crippen LogP contribution >= 0.6 is 11.8 Å². The topological polar surface area (TPSA) is 67.9 Å². The second kappa shape index (κ2) is 7.34. The maximum absolute atomic E-state index is 12.8. The molecule has 0 spiro atoms. The Hall–Kier alpha value is -1.89. The van der Waals surface area contributed by atoms with E-state index in [1.54, 1.807) is 42.0 Å². The van der Waals surface area contributed by atoms with Gasteiger partial charge in [0, 0.05) is 16.9 Å². The number of nitrogens with zero attached hydrogens (tertiary/aromatic N) is 1. The second-order valence-electron chi connectivity index (χ2n) is 6.60. The summed E-state index contributed by atoms with van der Waals surface area (Å²) in [5.74, 6) is 1.84. The molecule has 6 nitrogen and oxygen atoms in total. The summed E-state index contributed by atoms with van der Waals surface area (Å²) in [4.78, 5) is 26.9. The molecule has 2 amide bonds. The fraction of sp³-hybridized carbons (Fsp3) is 0.529. The molecule has 1 saturated heterocycles. The quantitative estimate of drug-likeness (QED) is 0.899. The Balaban J connectivity index is 2.20. The molecule has 132 valence electrons. The van der Waals surface area contributed by atoms with E-state index in [0.717, 1.165) is 0 Å². The minimum absolute atomic E-state index is 0.124. The zero-order valence-electron chi connectivity index (χ0n) is 14.7. The Morgan fingerprint density at radius 2 is 1.88 bits per heavy atom. The number of carbonyl (C=O) groups excluding carboxylic acids is 2. The highest BCUT2D eigenvalue weighted by Crippen LogP contribution is 2.30. The van der Waals surface area contributed by atoms with Crippen LogP contribution in [0.5, 0.6) is 11.5 Å². The number of nitrogens with one attached hydrogen (secondary N) is 1. The molecule has 0 aliphatic carbocycles. The van der Waals surface area contributed by atoms with Gasteiger partial charge in [-0.1, -0.05) is 0 Å². The molecule has 0 aromatic heterocycles. The standard InChI is InChI=1S/C17H24N2O4S/c1-17(2,3)18-15(20)12-9-24-10-19(12)16(21)11-6-7-13(22-4)14(8-11)23-5/h6-8,12H,9-10H2,1-5H3,(H,18,20). The first kappa shape index (κ1) is 18.4. The molecule has 0 saturated carbocycles. The molecule has 1 aromatic rings. The molecule has 1 N–H and O–H groups in total. The summed E-state index contributed by atoms with van der Waals surface area (Å²) >= 11 is 1.57. The predicted octanol–water partition coefficient (Wildman–Crippen LogP) is 2.13. The summed E-state index contributed by atoms with van der Waals surface area (Å²) in [6.45, 7) is 5.77. The number of thioether (sulfide) groups is 1. The first-order chi connectivity index (χ1) is 11.3. The summed E-state index contributed by atoms with van der Waals surface area (Å²) in [6, 6.07) is 4.56. The lowest BCUT2D eigenvalue weighted by Crippen LogP contribution is -2.52. The average molecular weight is 352 g/mol. The molecule has 1 fully saturated rings. The smallest absolute Gasteiger partial charge is 0.255 e. The van der Waals surface area contributed by atoms with Gasteiger partial charge in [-0.3, -0.25) is 9.59 Å². The van der Waals surface area contributed by atoms with Crippen LogP contribution < -0.4 is 14.8 Å². The van der Waals surface area contributed by atoms with Crippen LogP contribution in [0.1, 0.15) is 31.1 Å². The monoisotopic (exact) mass is 352 g/mol. The van der Waals surface area contributed by atoms with Crippen molar-refractivity contribution >= 4 is 23.6 Å². The Morgan fingerprint density at radius 3 is 2.46 bits per heavy atom. The molecule has 24 heavy (non-hydrogen) atoms. The normalized spacial score (nSPS) is 17.5. The van der Waals surface area contributed by atoms with Gasteiger partial charge in [-0.2, -0.15) is 0 Å². The molecule has 7 heteroatoms. The van der Waals surface area contributed by atoms with Gasteiger partial charge in [0.25, 0.3) is 5.91 Å². The lowest BCUT2D eigenvalue weighted by molar-refractivity contribution is -0.125. The largest absolute Gasteiger partial charge is 0.493 e. The third kappa shape index (κ3) is 4.14. The number of benzene rings is 1. The van der Waals surface area contributed by atoms with Crippen molar-refractivity contribution in [2.75, 3.05) is 25.8 Å². The molecule has 1 aromatic carbocycles. The highest BCUT2D eigenvalue weighted by atomic mass is 32.2.